The maximum absolute atomic E-state index is 11.6. The molecule has 1 aliphatic heterocycles. The Morgan fingerprint density at radius 3 is 2.52 bits per heavy atom. The first-order valence-corrected chi connectivity index (χ1v) is 9.50. The van der Waals surface area contributed by atoms with Crippen molar-refractivity contribution in [2.24, 2.45) is 0 Å². The molecule has 0 spiro atoms. The number of alkyl halides is 3. The van der Waals surface area contributed by atoms with E-state index in [-0.39, 0.29) is 11.4 Å². The molecule has 29 heavy (non-hydrogen) atoms. The Hall–Kier alpha value is -2.16. The Labute approximate surface area is 172 Å². The Kier molecular flexibility index (Phi) is 8.01. The molecule has 1 heterocycles. The Balaban J connectivity index is 0.000000221. The zero-order valence-corrected chi connectivity index (χ0v) is 16.7. The Morgan fingerprint density at radius 2 is 1.93 bits per heavy atom. The highest BCUT2D eigenvalue weighted by atomic mass is 35.5. The van der Waals surface area contributed by atoms with Crippen molar-refractivity contribution in [1.82, 2.24) is 5.48 Å². The number of rotatable bonds is 5. The lowest BCUT2D eigenvalue weighted by Crippen LogP contribution is -2.41. The van der Waals surface area contributed by atoms with Gasteiger partial charge in [-0.3, -0.25) is 0 Å². The number of nitrogens with one attached hydrogen (secondary N) is 1. The van der Waals surface area contributed by atoms with Gasteiger partial charge < -0.3 is 20.4 Å². The number of hydrogen-bond donors (Lipinski definition) is 3. The van der Waals surface area contributed by atoms with E-state index in [4.69, 9.17) is 27.3 Å². The predicted molar refractivity (Wildman–Crippen MR) is 105 cm³/mol. The van der Waals surface area contributed by atoms with E-state index in [1.54, 1.807) is 0 Å². The molecule has 3 rings (SSSR count). The minimum absolute atomic E-state index is 0.201. The van der Waals surface area contributed by atoms with Crippen LogP contribution in [-0.2, 0) is 6.42 Å². The third-order valence-corrected chi connectivity index (χ3v) is 4.97. The molecule has 0 aromatic heterocycles. The third kappa shape index (κ3) is 6.99. The van der Waals surface area contributed by atoms with Crippen LogP contribution in [0.15, 0.2) is 42.5 Å². The fraction of sp³-hybridized carbons (Fsp3) is 0.400. The second kappa shape index (κ2) is 10.0. The van der Waals surface area contributed by atoms with Crippen LogP contribution in [0.1, 0.15) is 31.7 Å². The van der Waals surface area contributed by atoms with E-state index in [1.165, 1.54) is 17.7 Å². The zero-order chi connectivity index (χ0) is 21.5. The molecule has 0 saturated carbocycles. The number of ether oxygens (including phenoxy) is 2. The van der Waals surface area contributed by atoms with E-state index in [9.17, 15) is 13.2 Å². The molecule has 0 aliphatic carbocycles. The Morgan fingerprint density at radius 1 is 1.24 bits per heavy atom. The lowest BCUT2D eigenvalue weighted by molar-refractivity contribution is -0.274. The molecule has 2 aromatic carbocycles. The van der Waals surface area contributed by atoms with Gasteiger partial charge in [0.25, 0.3) is 0 Å². The molecule has 1 aliphatic rings. The van der Waals surface area contributed by atoms with Gasteiger partial charge in [-0.15, -0.1) is 13.2 Å². The minimum Gasteiger partial charge on any atom is -0.485 e. The van der Waals surface area contributed by atoms with Crippen molar-refractivity contribution >= 4 is 17.3 Å². The van der Waals surface area contributed by atoms with Crippen molar-refractivity contribution in [3.63, 3.8) is 0 Å². The second-order valence-electron chi connectivity index (χ2n) is 6.64. The van der Waals surface area contributed by atoms with Crippen molar-refractivity contribution in [3.8, 4) is 11.5 Å². The van der Waals surface area contributed by atoms with Gasteiger partial charge in [-0.05, 0) is 55.2 Å². The molecule has 2 aromatic rings. The van der Waals surface area contributed by atoms with E-state index in [2.05, 4.69) is 23.2 Å². The highest BCUT2D eigenvalue weighted by Crippen LogP contribution is 2.41. The van der Waals surface area contributed by atoms with Crippen molar-refractivity contribution in [2.45, 2.75) is 44.6 Å². The number of nitrogens with two attached hydrogens (primary N) is 1. The van der Waals surface area contributed by atoms with Crippen LogP contribution in [0, 0.1) is 0 Å². The van der Waals surface area contributed by atoms with Gasteiger partial charge in [-0.1, -0.05) is 30.7 Å². The molecule has 1 unspecified atom stereocenters. The van der Waals surface area contributed by atoms with Crippen molar-refractivity contribution in [2.75, 3.05) is 12.3 Å². The first-order chi connectivity index (χ1) is 13.7. The second-order valence-corrected chi connectivity index (χ2v) is 7.05. The highest BCUT2D eigenvalue weighted by molar-refractivity contribution is 6.32. The van der Waals surface area contributed by atoms with Gasteiger partial charge in [0.15, 0.2) is 0 Å². The molecule has 0 bridgehead atoms. The number of halogens is 4. The summed E-state index contributed by atoms with van der Waals surface area (Å²) in [6.45, 7) is 2.65. The first kappa shape index (κ1) is 23.1. The van der Waals surface area contributed by atoms with Crippen molar-refractivity contribution in [3.05, 3.63) is 53.1 Å². The monoisotopic (exact) mass is 432 g/mol. The van der Waals surface area contributed by atoms with Gasteiger partial charge in [0, 0.05) is 18.7 Å². The number of benzene rings is 2. The number of anilines is 1. The zero-order valence-electron chi connectivity index (χ0n) is 15.9. The molecular weight excluding hydrogens is 409 g/mol. The number of nitrogen functional groups attached to an aromatic ring is 1. The van der Waals surface area contributed by atoms with Gasteiger partial charge in [-0.2, -0.15) is 0 Å². The first-order valence-electron chi connectivity index (χ1n) is 9.12. The summed E-state index contributed by atoms with van der Waals surface area (Å²) < 4.78 is 44.5. The van der Waals surface area contributed by atoms with E-state index >= 15 is 0 Å². The average molecular weight is 433 g/mol. The van der Waals surface area contributed by atoms with Gasteiger partial charge in [0.2, 0.25) is 0 Å². The molecule has 0 radical (unpaired) electrons. The summed E-state index contributed by atoms with van der Waals surface area (Å²) in [5.41, 5.74) is 8.82. The fourth-order valence-electron chi connectivity index (χ4n) is 3.05. The van der Waals surface area contributed by atoms with E-state index in [0.29, 0.717) is 17.3 Å². The van der Waals surface area contributed by atoms with Crippen LogP contribution in [0.4, 0.5) is 18.9 Å². The summed E-state index contributed by atoms with van der Waals surface area (Å²) >= 11 is 6.17. The molecule has 0 fully saturated rings. The van der Waals surface area contributed by atoms with Gasteiger partial charge in [-0.25, -0.2) is 5.48 Å². The van der Waals surface area contributed by atoms with Crippen molar-refractivity contribution in [1.29, 1.82) is 0 Å². The fourth-order valence-corrected chi connectivity index (χ4v) is 3.28. The van der Waals surface area contributed by atoms with Crippen LogP contribution < -0.4 is 20.7 Å². The molecule has 1 atom stereocenters. The minimum atomic E-state index is -4.64. The summed E-state index contributed by atoms with van der Waals surface area (Å²) in [5, 5.41) is 9.40. The third-order valence-electron chi connectivity index (χ3n) is 4.67. The summed E-state index contributed by atoms with van der Waals surface area (Å²) in [4.78, 5) is 0. The van der Waals surface area contributed by atoms with Crippen LogP contribution in [0.5, 0.6) is 11.5 Å². The maximum Gasteiger partial charge on any atom is 0.573 e. The van der Waals surface area contributed by atoms with Crippen LogP contribution in [-0.4, -0.2) is 23.7 Å². The van der Waals surface area contributed by atoms with Crippen LogP contribution in [0.25, 0.3) is 0 Å². The lowest BCUT2D eigenvalue weighted by Gasteiger charge is -2.38. The molecule has 0 amide bonds. The van der Waals surface area contributed by atoms with Crippen LogP contribution in [0.2, 0.25) is 5.02 Å². The maximum atomic E-state index is 11.6. The summed E-state index contributed by atoms with van der Waals surface area (Å²) in [6, 6.07) is 10.9. The van der Waals surface area contributed by atoms with Crippen LogP contribution in [0.3, 0.4) is 0 Å². The largest absolute Gasteiger partial charge is 0.573 e. The molecule has 0 saturated heterocycles. The summed E-state index contributed by atoms with van der Waals surface area (Å²) in [6.07, 6.45) is -0.992. The lowest BCUT2D eigenvalue weighted by atomic mass is 9.86. The molecule has 5 nitrogen and oxygen atoms in total. The average Bonchev–Trinajstić information content (AvgIpc) is 2.68. The normalized spacial score (nSPS) is 18.1. The number of fused-ring (bicyclic) bond motifs is 1. The van der Waals surface area contributed by atoms with E-state index in [1.807, 2.05) is 12.1 Å². The summed E-state index contributed by atoms with van der Waals surface area (Å²) in [5.74, 6) is 0.553. The van der Waals surface area contributed by atoms with Gasteiger partial charge >= 0.3 is 6.36 Å². The quantitative estimate of drug-likeness (QED) is 0.438. The smallest absolute Gasteiger partial charge is 0.485 e. The van der Waals surface area contributed by atoms with Crippen LogP contribution >= 0.6 is 11.6 Å². The van der Waals surface area contributed by atoms with E-state index < -0.39 is 6.36 Å². The number of hydrogen-bond acceptors (Lipinski definition) is 5. The molecule has 160 valence electrons. The molecule has 4 N–H and O–H groups in total. The van der Waals surface area contributed by atoms with Crippen molar-refractivity contribution < 1.29 is 27.9 Å². The summed E-state index contributed by atoms with van der Waals surface area (Å²) in [7, 11) is 0. The van der Waals surface area contributed by atoms with Gasteiger partial charge in [0.05, 0.1) is 5.02 Å². The Bertz CT molecular complexity index is 788. The number of para-hydroxylation sites is 1. The standard InChI is InChI=1S/C13H18ClNO2.C7H6F3NO/c1-2-13(8-9-15-16)7-6-10-4-3-5-11(14)12(10)17-13;8-7(9,10)12-6-3-1-5(11)2-4-6/h3-5,15-16H,2,6-9H2,1H3;1-4H,11H2. The predicted octanol–water partition coefficient (Wildman–Crippen LogP) is 5.35. The molecule has 9 heteroatoms. The van der Waals surface area contributed by atoms with Gasteiger partial charge in [0.1, 0.15) is 17.1 Å². The van der Waals surface area contributed by atoms with E-state index in [0.717, 1.165) is 43.6 Å². The topological polar surface area (TPSA) is 76.7 Å². The number of aryl methyl sites for hydroxylation is 1. The highest BCUT2D eigenvalue weighted by Gasteiger charge is 2.35. The SMILES string of the molecule is CCC1(CCNO)CCc2cccc(Cl)c2O1.Nc1ccc(OC(F)(F)F)cc1. The number of hydroxylamine groups is 1. The molecular formula is C20H24ClF3N2O3.